The van der Waals surface area contributed by atoms with Crippen molar-refractivity contribution < 1.29 is 14.1 Å². The summed E-state index contributed by atoms with van der Waals surface area (Å²) in [6.07, 6.45) is 9.35. The second kappa shape index (κ2) is 8.90. The van der Waals surface area contributed by atoms with Crippen LogP contribution in [-0.4, -0.2) is 23.2 Å². The Labute approximate surface area is 170 Å². The van der Waals surface area contributed by atoms with Gasteiger partial charge in [0.1, 0.15) is 5.75 Å². The fourth-order valence-corrected chi connectivity index (χ4v) is 3.90. The van der Waals surface area contributed by atoms with Crippen molar-refractivity contribution in [3.8, 4) is 5.75 Å². The van der Waals surface area contributed by atoms with Crippen LogP contribution in [0.5, 0.6) is 5.75 Å². The molecule has 6 nitrogen and oxygen atoms in total. The van der Waals surface area contributed by atoms with Crippen LogP contribution >= 0.6 is 0 Å². The molecule has 1 N–H and O–H groups in total. The second-order valence-corrected chi connectivity index (χ2v) is 7.41. The number of pyridine rings is 1. The third-order valence-corrected chi connectivity index (χ3v) is 5.54. The number of amides is 1. The third kappa shape index (κ3) is 4.47. The topological polar surface area (TPSA) is 77.2 Å². The van der Waals surface area contributed by atoms with Crippen LogP contribution in [0.15, 0.2) is 59.4 Å². The van der Waals surface area contributed by atoms with Gasteiger partial charge in [0.15, 0.2) is 0 Å². The molecule has 3 aromatic rings. The average Bonchev–Trinajstić information content (AvgIpc) is 3.29. The SMILES string of the molecule is COc1ccc([C@@H](NC(=O)c2cc(C3CCCCC3)no2)c2ccncc2)cc1. The highest BCUT2D eigenvalue weighted by atomic mass is 16.5. The summed E-state index contributed by atoms with van der Waals surface area (Å²) < 4.78 is 10.6. The molecule has 6 heteroatoms. The van der Waals surface area contributed by atoms with E-state index in [-0.39, 0.29) is 17.7 Å². The van der Waals surface area contributed by atoms with Crippen LogP contribution in [-0.2, 0) is 0 Å². The monoisotopic (exact) mass is 391 g/mol. The van der Waals surface area contributed by atoms with Gasteiger partial charge in [-0.15, -0.1) is 0 Å². The van der Waals surface area contributed by atoms with Gasteiger partial charge in [-0.05, 0) is 48.2 Å². The van der Waals surface area contributed by atoms with E-state index in [9.17, 15) is 4.79 Å². The molecule has 1 saturated carbocycles. The summed E-state index contributed by atoms with van der Waals surface area (Å²) >= 11 is 0. The Kier molecular flexibility index (Phi) is 5.89. The number of hydrogen-bond donors (Lipinski definition) is 1. The normalized spacial score (nSPS) is 15.6. The van der Waals surface area contributed by atoms with Crippen molar-refractivity contribution >= 4 is 5.91 Å². The van der Waals surface area contributed by atoms with E-state index in [1.807, 2.05) is 36.4 Å². The summed E-state index contributed by atoms with van der Waals surface area (Å²) in [7, 11) is 1.63. The summed E-state index contributed by atoms with van der Waals surface area (Å²) in [5.41, 5.74) is 2.77. The number of methoxy groups -OCH3 is 1. The molecule has 1 aromatic carbocycles. The van der Waals surface area contributed by atoms with Gasteiger partial charge in [0, 0.05) is 24.4 Å². The van der Waals surface area contributed by atoms with E-state index < -0.39 is 0 Å². The number of carbonyl (C=O) groups is 1. The van der Waals surface area contributed by atoms with Crippen molar-refractivity contribution in [2.75, 3.05) is 7.11 Å². The number of hydrogen-bond acceptors (Lipinski definition) is 5. The number of aromatic nitrogens is 2. The fraction of sp³-hybridized carbons (Fsp3) is 0.348. The Bertz CT molecular complexity index is 932. The zero-order valence-corrected chi connectivity index (χ0v) is 16.5. The first-order valence-electron chi connectivity index (χ1n) is 10.1. The molecular formula is C23H25N3O3. The van der Waals surface area contributed by atoms with Crippen LogP contribution in [0.4, 0.5) is 0 Å². The molecular weight excluding hydrogens is 366 g/mol. The Hall–Kier alpha value is -3.15. The molecule has 1 amide bonds. The van der Waals surface area contributed by atoms with Crippen molar-refractivity contribution in [2.24, 2.45) is 0 Å². The Morgan fingerprint density at radius 1 is 1.07 bits per heavy atom. The first-order chi connectivity index (χ1) is 14.2. The summed E-state index contributed by atoms with van der Waals surface area (Å²) in [5, 5.41) is 7.25. The second-order valence-electron chi connectivity index (χ2n) is 7.41. The molecule has 1 fully saturated rings. The summed E-state index contributed by atoms with van der Waals surface area (Å²) in [6.45, 7) is 0. The molecule has 0 radical (unpaired) electrons. The van der Waals surface area contributed by atoms with Gasteiger partial charge in [0.25, 0.3) is 5.91 Å². The molecule has 0 spiro atoms. The molecule has 1 aliphatic carbocycles. The molecule has 0 saturated heterocycles. The van der Waals surface area contributed by atoms with Crippen molar-refractivity contribution in [1.82, 2.24) is 15.5 Å². The molecule has 150 valence electrons. The van der Waals surface area contributed by atoms with Crippen molar-refractivity contribution in [2.45, 2.75) is 44.1 Å². The minimum Gasteiger partial charge on any atom is -0.497 e. The highest BCUT2D eigenvalue weighted by Gasteiger charge is 2.24. The van der Waals surface area contributed by atoms with E-state index in [2.05, 4.69) is 15.5 Å². The van der Waals surface area contributed by atoms with E-state index in [0.717, 1.165) is 35.4 Å². The van der Waals surface area contributed by atoms with E-state index >= 15 is 0 Å². The van der Waals surface area contributed by atoms with E-state index in [4.69, 9.17) is 9.26 Å². The number of ether oxygens (including phenoxy) is 1. The van der Waals surface area contributed by atoms with E-state index in [0.29, 0.717) is 5.92 Å². The highest BCUT2D eigenvalue weighted by Crippen LogP contribution is 2.32. The van der Waals surface area contributed by atoms with Crippen LogP contribution in [0, 0.1) is 0 Å². The Morgan fingerprint density at radius 3 is 2.45 bits per heavy atom. The lowest BCUT2D eigenvalue weighted by molar-refractivity contribution is 0.0905. The molecule has 0 aliphatic heterocycles. The molecule has 1 aliphatic rings. The zero-order chi connectivity index (χ0) is 20.1. The molecule has 0 unspecified atom stereocenters. The van der Waals surface area contributed by atoms with Crippen LogP contribution in [0.3, 0.4) is 0 Å². The number of carbonyl (C=O) groups excluding carboxylic acids is 1. The number of nitrogens with one attached hydrogen (secondary N) is 1. The van der Waals surface area contributed by atoms with Gasteiger partial charge >= 0.3 is 0 Å². The van der Waals surface area contributed by atoms with Crippen molar-refractivity contribution in [3.05, 3.63) is 77.4 Å². The zero-order valence-electron chi connectivity index (χ0n) is 16.5. The van der Waals surface area contributed by atoms with Gasteiger partial charge in [0.05, 0.1) is 18.8 Å². The lowest BCUT2D eigenvalue weighted by atomic mass is 9.87. The van der Waals surface area contributed by atoms with E-state index in [1.165, 1.54) is 19.3 Å². The lowest BCUT2D eigenvalue weighted by Crippen LogP contribution is -2.29. The summed E-state index contributed by atoms with van der Waals surface area (Å²) in [6, 6.07) is 12.9. The quantitative estimate of drug-likeness (QED) is 0.662. The molecule has 2 heterocycles. The molecule has 1 atom stereocenters. The maximum atomic E-state index is 12.9. The standard InChI is InChI=1S/C23H25N3O3/c1-28-19-9-7-17(8-10-19)22(18-11-13-24-14-12-18)25-23(27)21-15-20(26-29-21)16-5-3-2-4-6-16/h7-16,22H,2-6H2,1H3,(H,25,27)/t22-/m1/s1. The molecule has 4 rings (SSSR count). The first-order valence-corrected chi connectivity index (χ1v) is 10.1. The maximum absolute atomic E-state index is 12.9. The van der Waals surface area contributed by atoms with Gasteiger partial charge < -0.3 is 14.6 Å². The third-order valence-electron chi connectivity index (χ3n) is 5.54. The van der Waals surface area contributed by atoms with Crippen molar-refractivity contribution in [3.63, 3.8) is 0 Å². The first kappa shape index (κ1) is 19.2. The molecule has 29 heavy (non-hydrogen) atoms. The minimum absolute atomic E-state index is 0.248. The Morgan fingerprint density at radius 2 is 1.76 bits per heavy atom. The number of rotatable bonds is 6. The fourth-order valence-electron chi connectivity index (χ4n) is 3.90. The summed E-state index contributed by atoms with van der Waals surface area (Å²) in [4.78, 5) is 17.0. The number of nitrogens with zero attached hydrogens (tertiary/aromatic N) is 2. The van der Waals surface area contributed by atoms with Gasteiger partial charge in [-0.25, -0.2) is 0 Å². The van der Waals surface area contributed by atoms with Crippen LogP contribution in [0.1, 0.15) is 71.4 Å². The summed E-state index contributed by atoms with van der Waals surface area (Å²) in [5.74, 6) is 1.13. The highest BCUT2D eigenvalue weighted by molar-refractivity contribution is 5.92. The van der Waals surface area contributed by atoms with Gasteiger partial charge in [-0.1, -0.05) is 36.6 Å². The average molecular weight is 391 g/mol. The smallest absolute Gasteiger partial charge is 0.290 e. The van der Waals surface area contributed by atoms with Gasteiger partial charge in [0.2, 0.25) is 5.76 Å². The molecule has 2 aromatic heterocycles. The predicted molar refractivity (Wildman–Crippen MR) is 109 cm³/mol. The van der Waals surface area contributed by atoms with E-state index in [1.54, 1.807) is 25.6 Å². The Balaban J connectivity index is 1.55. The van der Waals surface area contributed by atoms with Gasteiger partial charge in [-0.3, -0.25) is 9.78 Å². The van der Waals surface area contributed by atoms with Crippen LogP contribution < -0.4 is 10.1 Å². The molecule has 0 bridgehead atoms. The predicted octanol–water partition coefficient (Wildman–Crippen LogP) is 4.65. The number of benzene rings is 1. The largest absolute Gasteiger partial charge is 0.497 e. The lowest BCUT2D eigenvalue weighted by Gasteiger charge is -2.19. The van der Waals surface area contributed by atoms with Crippen LogP contribution in [0.25, 0.3) is 0 Å². The van der Waals surface area contributed by atoms with Gasteiger partial charge in [-0.2, -0.15) is 0 Å². The van der Waals surface area contributed by atoms with Crippen LogP contribution in [0.2, 0.25) is 0 Å². The van der Waals surface area contributed by atoms with Crippen molar-refractivity contribution in [1.29, 1.82) is 0 Å². The maximum Gasteiger partial charge on any atom is 0.290 e. The minimum atomic E-state index is -0.334.